The molecule has 0 aromatic heterocycles. The molecule has 0 saturated heterocycles. The molecule has 20 heavy (non-hydrogen) atoms. The lowest BCUT2D eigenvalue weighted by Crippen LogP contribution is -2.37. The number of carbonyl (C=O) groups is 1. The van der Waals surface area contributed by atoms with Gasteiger partial charge in [-0.3, -0.25) is 0 Å². The number of rotatable bonds is 7. The van der Waals surface area contributed by atoms with Crippen LogP contribution in [0.4, 0.5) is 0 Å². The lowest BCUT2D eigenvalue weighted by atomic mass is 10.0. The van der Waals surface area contributed by atoms with Crippen LogP contribution < -0.4 is 0 Å². The molecule has 0 radical (unpaired) electrons. The van der Waals surface area contributed by atoms with Gasteiger partial charge in [-0.1, -0.05) is 19.1 Å². The van der Waals surface area contributed by atoms with Crippen molar-refractivity contribution in [3.8, 4) is 5.75 Å². The van der Waals surface area contributed by atoms with E-state index in [2.05, 4.69) is 0 Å². The van der Waals surface area contributed by atoms with E-state index in [9.17, 15) is 9.90 Å². The molecule has 0 aliphatic carbocycles. The highest BCUT2D eigenvalue weighted by Gasteiger charge is 2.28. The SMILES string of the molecule is CCOC(=O)C(Cc1cccc(O)c1)OC(C)(C)CC. The number of hydrogen-bond donors (Lipinski definition) is 1. The van der Waals surface area contributed by atoms with Gasteiger partial charge in [-0.25, -0.2) is 4.79 Å². The largest absolute Gasteiger partial charge is 0.508 e. The number of ether oxygens (including phenoxy) is 2. The van der Waals surface area contributed by atoms with Gasteiger partial charge in [-0.15, -0.1) is 0 Å². The van der Waals surface area contributed by atoms with Gasteiger partial charge in [0.2, 0.25) is 0 Å². The Kier molecular flexibility index (Phi) is 6.02. The quantitative estimate of drug-likeness (QED) is 0.780. The number of phenols is 1. The third-order valence-electron chi connectivity index (χ3n) is 3.19. The molecular weight excluding hydrogens is 256 g/mol. The highest BCUT2D eigenvalue weighted by atomic mass is 16.6. The molecule has 0 aliphatic rings. The van der Waals surface area contributed by atoms with Crippen molar-refractivity contribution in [2.24, 2.45) is 0 Å². The van der Waals surface area contributed by atoms with Crippen LogP contribution in [-0.2, 0) is 20.7 Å². The van der Waals surface area contributed by atoms with Gasteiger partial charge in [0.15, 0.2) is 6.10 Å². The molecule has 0 saturated carbocycles. The van der Waals surface area contributed by atoms with Gasteiger partial charge in [0.1, 0.15) is 5.75 Å². The first kappa shape index (κ1) is 16.5. The average molecular weight is 280 g/mol. The Morgan fingerprint density at radius 1 is 1.35 bits per heavy atom. The summed E-state index contributed by atoms with van der Waals surface area (Å²) in [4.78, 5) is 12.0. The van der Waals surface area contributed by atoms with Crippen LogP contribution >= 0.6 is 0 Å². The predicted molar refractivity (Wildman–Crippen MR) is 77.7 cm³/mol. The molecule has 4 nitrogen and oxygen atoms in total. The van der Waals surface area contributed by atoms with Crippen LogP contribution in [-0.4, -0.2) is 29.4 Å². The molecular formula is C16H24O4. The smallest absolute Gasteiger partial charge is 0.335 e. The molecule has 0 fully saturated rings. The highest BCUT2D eigenvalue weighted by molar-refractivity contribution is 5.75. The van der Waals surface area contributed by atoms with Crippen LogP contribution in [0, 0.1) is 0 Å². The molecule has 1 unspecified atom stereocenters. The van der Waals surface area contributed by atoms with Gasteiger partial charge in [0.05, 0.1) is 12.2 Å². The minimum Gasteiger partial charge on any atom is -0.508 e. The minimum absolute atomic E-state index is 0.180. The Labute approximate surface area is 120 Å². The van der Waals surface area contributed by atoms with Gasteiger partial charge in [0.25, 0.3) is 0 Å². The summed E-state index contributed by atoms with van der Waals surface area (Å²) < 4.78 is 11.0. The predicted octanol–water partition coefficient (Wildman–Crippen LogP) is 3.07. The van der Waals surface area contributed by atoms with Crippen molar-refractivity contribution in [2.45, 2.75) is 52.2 Å². The number of carbonyl (C=O) groups excluding carboxylic acids is 1. The lowest BCUT2D eigenvalue weighted by molar-refractivity contribution is -0.167. The first-order chi connectivity index (χ1) is 9.38. The summed E-state index contributed by atoms with van der Waals surface area (Å²) >= 11 is 0. The van der Waals surface area contributed by atoms with Crippen molar-refractivity contribution >= 4 is 5.97 Å². The number of esters is 1. The van der Waals surface area contributed by atoms with Crippen molar-refractivity contribution in [1.29, 1.82) is 0 Å². The maximum Gasteiger partial charge on any atom is 0.335 e. The zero-order chi connectivity index (χ0) is 15.2. The third-order valence-corrected chi connectivity index (χ3v) is 3.19. The second kappa shape index (κ2) is 7.29. The maximum atomic E-state index is 12.0. The summed E-state index contributed by atoms with van der Waals surface area (Å²) in [6.07, 6.45) is 0.520. The molecule has 1 rings (SSSR count). The second-order valence-electron chi connectivity index (χ2n) is 5.35. The first-order valence-corrected chi connectivity index (χ1v) is 7.00. The van der Waals surface area contributed by atoms with E-state index < -0.39 is 11.7 Å². The summed E-state index contributed by atoms with van der Waals surface area (Å²) in [7, 11) is 0. The molecule has 0 amide bonds. The van der Waals surface area contributed by atoms with Gasteiger partial charge >= 0.3 is 5.97 Å². The Hall–Kier alpha value is -1.55. The first-order valence-electron chi connectivity index (χ1n) is 7.00. The molecule has 112 valence electrons. The van der Waals surface area contributed by atoms with Crippen molar-refractivity contribution < 1.29 is 19.4 Å². The van der Waals surface area contributed by atoms with Crippen LogP contribution in [0.3, 0.4) is 0 Å². The van der Waals surface area contributed by atoms with E-state index in [1.807, 2.05) is 26.8 Å². The van der Waals surface area contributed by atoms with Crippen LogP contribution in [0.2, 0.25) is 0 Å². The normalized spacial score (nSPS) is 13.0. The Morgan fingerprint density at radius 3 is 2.60 bits per heavy atom. The molecule has 0 bridgehead atoms. The highest BCUT2D eigenvalue weighted by Crippen LogP contribution is 2.21. The molecule has 1 aromatic rings. The molecule has 0 aliphatic heterocycles. The second-order valence-corrected chi connectivity index (χ2v) is 5.35. The van der Waals surface area contributed by atoms with E-state index in [0.717, 1.165) is 12.0 Å². The van der Waals surface area contributed by atoms with E-state index in [4.69, 9.17) is 9.47 Å². The fourth-order valence-electron chi connectivity index (χ4n) is 1.77. The monoisotopic (exact) mass is 280 g/mol. The van der Waals surface area contributed by atoms with Crippen LogP contribution in [0.15, 0.2) is 24.3 Å². The van der Waals surface area contributed by atoms with Gasteiger partial charge in [-0.2, -0.15) is 0 Å². The number of benzene rings is 1. The van der Waals surface area contributed by atoms with E-state index in [-0.39, 0.29) is 11.7 Å². The van der Waals surface area contributed by atoms with Crippen molar-refractivity contribution in [1.82, 2.24) is 0 Å². The average Bonchev–Trinajstić information content (AvgIpc) is 2.38. The van der Waals surface area contributed by atoms with Crippen LogP contribution in [0.5, 0.6) is 5.75 Å². The fraction of sp³-hybridized carbons (Fsp3) is 0.562. The van der Waals surface area contributed by atoms with E-state index in [1.54, 1.807) is 25.1 Å². The molecule has 1 atom stereocenters. The zero-order valence-electron chi connectivity index (χ0n) is 12.7. The molecule has 1 aromatic carbocycles. The number of hydrogen-bond acceptors (Lipinski definition) is 4. The lowest BCUT2D eigenvalue weighted by Gasteiger charge is -2.29. The summed E-state index contributed by atoms with van der Waals surface area (Å²) in [6, 6.07) is 6.83. The Morgan fingerprint density at radius 2 is 2.05 bits per heavy atom. The molecule has 0 spiro atoms. The summed E-state index contributed by atoms with van der Waals surface area (Å²) in [5.41, 5.74) is 0.448. The maximum absolute atomic E-state index is 12.0. The van der Waals surface area contributed by atoms with E-state index in [1.165, 1.54) is 0 Å². The third kappa shape index (κ3) is 5.21. The Balaban J connectivity index is 2.84. The van der Waals surface area contributed by atoms with E-state index >= 15 is 0 Å². The summed E-state index contributed by atoms with van der Waals surface area (Å²) in [5, 5.41) is 9.49. The van der Waals surface area contributed by atoms with Gasteiger partial charge < -0.3 is 14.6 Å². The molecule has 0 heterocycles. The van der Waals surface area contributed by atoms with Crippen LogP contribution in [0.1, 0.15) is 39.7 Å². The topological polar surface area (TPSA) is 55.8 Å². The van der Waals surface area contributed by atoms with E-state index in [0.29, 0.717) is 13.0 Å². The summed E-state index contributed by atoms with van der Waals surface area (Å²) in [5.74, 6) is -0.183. The Bertz CT molecular complexity index is 440. The number of aromatic hydroxyl groups is 1. The van der Waals surface area contributed by atoms with Crippen molar-refractivity contribution in [3.63, 3.8) is 0 Å². The van der Waals surface area contributed by atoms with Crippen molar-refractivity contribution in [2.75, 3.05) is 6.61 Å². The minimum atomic E-state index is -0.660. The summed E-state index contributed by atoms with van der Waals surface area (Å²) in [6.45, 7) is 8.00. The molecule has 4 heteroatoms. The van der Waals surface area contributed by atoms with Crippen LogP contribution in [0.25, 0.3) is 0 Å². The molecule has 1 N–H and O–H groups in total. The standard InChI is InChI=1S/C16H24O4/c1-5-16(3,4)20-14(15(18)19-6-2)11-12-8-7-9-13(17)10-12/h7-10,14,17H,5-6,11H2,1-4H3. The van der Waals surface area contributed by atoms with Gasteiger partial charge in [-0.05, 0) is 44.9 Å². The fourth-order valence-corrected chi connectivity index (χ4v) is 1.77. The van der Waals surface area contributed by atoms with Crippen molar-refractivity contribution in [3.05, 3.63) is 29.8 Å². The zero-order valence-corrected chi connectivity index (χ0v) is 12.7. The number of phenolic OH excluding ortho intramolecular Hbond substituents is 1. The van der Waals surface area contributed by atoms with Gasteiger partial charge in [0, 0.05) is 6.42 Å².